The Labute approximate surface area is 164 Å². The molecule has 1 saturated carbocycles. The van der Waals surface area contributed by atoms with Crippen LogP contribution in [0.3, 0.4) is 0 Å². The fraction of sp³-hybridized carbons (Fsp3) is 0.429. The average Bonchev–Trinajstić information content (AvgIpc) is 3.32. The molecule has 1 saturated heterocycles. The van der Waals surface area contributed by atoms with Crippen LogP contribution in [0.5, 0.6) is 0 Å². The van der Waals surface area contributed by atoms with Crippen molar-refractivity contribution in [2.45, 2.75) is 31.1 Å². The number of hydrogen-bond acceptors (Lipinski definition) is 2. The number of rotatable bonds is 5. The van der Waals surface area contributed by atoms with E-state index in [1.54, 1.807) is 12.3 Å². The molecule has 1 aliphatic carbocycles. The molecule has 0 bridgehead atoms. The Morgan fingerprint density at radius 1 is 1.22 bits per heavy atom. The first-order valence-corrected chi connectivity index (χ1v) is 9.93. The number of piperidine rings is 1. The van der Waals surface area contributed by atoms with Crippen molar-refractivity contribution < 1.29 is 9.59 Å². The summed E-state index contributed by atoms with van der Waals surface area (Å²) in [6.45, 7) is 2.08. The van der Waals surface area contributed by atoms with Crippen molar-refractivity contribution in [3.8, 4) is 0 Å². The molecule has 2 amide bonds. The van der Waals surface area contributed by atoms with Crippen LogP contribution in [-0.4, -0.2) is 41.3 Å². The summed E-state index contributed by atoms with van der Waals surface area (Å²) in [6.07, 6.45) is 5.52. The lowest BCUT2D eigenvalue weighted by Gasteiger charge is -2.33. The molecule has 1 aromatic heterocycles. The van der Waals surface area contributed by atoms with Crippen LogP contribution in [-0.2, 0) is 10.2 Å². The molecule has 0 unspecified atom stereocenters. The summed E-state index contributed by atoms with van der Waals surface area (Å²) in [5.41, 5.74) is 1.27. The highest BCUT2D eigenvalue weighted by atomic mass is 35.5. The number of halogens is 1. The van der Waals surface area contributed by atoms with Crippen LogP contribution in [0.4, 0.5) is 0 Å². The number of hydrogen-bond donors (Lipinski definition) is 2. The molecule has 2 aromatic rings. The smallest absolute Gasteiger partial charge is 0.270 e. The molecular weight excluding hydrogens is 362 g/mol. The average molecular weight is 386 g/mol. The van der Waals surface area contributed by atoms with Gasteiger partial charge in [-0.15, -0.1) is 0 Å². The molecule has 1 aromatic carbocycles. The van der Waals surface area contributed by atoms with Gasteiger partial charge in [0.15, 0.2) is 0 Å². The molecule has 0 radical (unpaired) electrons. The van der Waals surface area contributed by atoms with Gasteiger partial charge in [0.2, 0.25) is 5.91 Å². The van der Waals surface area contributed by atoms with Crippen molar-refractivity contribution in [2.75, 3.05) is 19.6 Å². The summed E-state index contributed by atoms with van der Waals surface area (Å²) in [5.74, 6) is 0.427. The lowest BCUT2D eigenvalue weighted by Crippen LogP contribution is -2.45. The van der Waals surface area contributed by atoms with Crippen LogP contribution < -0.4 is 5.32 Å². The SMILES string of the molecule is O=C(c1ccc[nH]1)N1CCC[C@@H](CNC(=O)C2(c3ccc(Cl)cc3)CC2)C1. The van der Waals surface area contributed by atoms with Gasteiger partial charge in [0.25, 0.3) is 5.91 Å². The van der Waals surface area contributed by atoms with Gasteiger partial charge in [-0.05, 0) is 61.4 Å². The van der Waals surface area contributed by atoms with Crippen LogP contribution in [0.25, 0.3) is 0 Å². The third-order valence-corrected chi connectivity index (χ3v) is 6.02. The van der Waals surface area contributed by atoms with Crippen LogP contribution in [0.2, 0.25) is 5.02 Å². The van der Waals surface area contributed by atoms with Crippen molar-refractivity contribution in [3.05, 3.63) is 58.9 Å². The van der Waals surface area contributed by atoms with Gasteiger partial charge < -0.3 is 15.2 Å². The number of aromatic amines is 1. The third kappa shape index (κ3) is 3.74. The standard InChI is InChI=1S/C21H24ClN3O2/c22-17-7-5-16(6-8-17)21(9-10-21)20(27)24-13-15-3-2-12-25(14-15)19(26)18-4-1-11-23-18/h1,4-8,11,15,23H,2-3,9-10,12-14H2,(H,24,27)/t15-/m0/s1. The molecule has 2 aliphatic rings. The van der Waals surface area contributed by atoms with Gasteiger partial charge in [-0.2, -0.15) is 0 Å². The van der Waals surface area contributed by atoms with E-state index in [1.807, 2.05) is 35.2 Å². The van der Waals surface area contributed by atoms with E-state index < -0.39 is 0 Å². The third-order valence-electron chi connectivity index (χ3n) is 5.77. The van der Waals surface area contributed by atoms with Gasteiger partial charge >= 0.3 is 0 Å². The fourth-order valence-corrected chi connectivity index (χ4v) is 4.12. The number of benzene rings is 1. The molecule has 6 heteroatoms. The zero-order valence-electron chi connectivity index (χ0n) is 15.2. The van der Waals surface area contributed by atoms with Gasteiger partial charge in [0.1, 0.15) is 5.69 Å². The van der Waals surface area contributed by atoms with Crippen LogP contribution in [0.15, 0.2) is 42.6 Å². The molecule has 2 N–H and O–H groups in total. The van der Waals surface area contributed by atoms with Crippen LogP contribution in [0, 0.1) is 5.92 Å². The van der Waals surface area contributed by atoms with E-state index in [2.05, 4.69) is 10.3 Å². The zero-order chi connectivity index (χ0) is 18.9. The monoisotopic (exact) mass is 385 g/mol. The van der Waals surface area contributed by atoms with Gasteiger partial charge in [-0.1, -0.05) is 23.7 Å². The molecule has 142 valence electrons. The van der Waals surface area contributed by atoms with Gasteiger partial charge in [-0.3, -0.25) is 9.59 Å². The predicted molar refractivity (Wildman–Crippen MR) is 105 cm³/mol. The van der Waals surface area contributed by atoms with Gasteiger partial charge in [0, 0.05) is 30.9 Å². The Morgan fingerprint density at radius 2 is 2.00 bits per heavy atom. The lowest BCUT2D eigenvalue weighted by molar-refractivity contribution is -0.123. The van der Waals surface area contributed by atoms with Crippen molar-refractivity contribution >= 4 is 23.4 Å². The lowest BCUT2D eigenvalue weighted by atomic mass is 9.93. The first-order chi connectivity index (χ1) is 13.1. The molecule has 1 atom stereocenters. The molecule has 0 spiro atoms. The normalized spacial score (nSPS) is 20.9. The number of aromatic nitrogens is 1. The fourth-order valence-electron chi connectivity index (χ4n) is 4.00. The summed E-state index contributed by atoms with van der Waals surface area (Å²) < 4.78 is 0. The maximum Gasteiger partial charge on any atom is 0.270 e. The Morgan fingerprint density at radius 3 is 2.67 bits per heavy atom. The maximum atomic E-state index is 12.8. The highest BCUT2D eigenvalue weighted by molar-refractivity contribution is 6.30. The number of amides is 2. The molecule has 2 heterocycles. The molecule has 5 nitrogen and oxygen atoms in total. The second-order valence-electron chi connectivity index (χ2n) is 7.64. The number of nitrogens with zero attached hydrogens (tertiary/aromatic N) is 1. The van der Waals surface area contributed by atoms with E-state index in [0.717, 1.165) is 37.8 Å². The highest BCUT2D eigenvalue weighted by Crippen LogP contribution is 2.48. The Hall–Kier alpha value is -2.27. The summed E-state index contributed by atoms with van der Waals surface area (Å²) in [5, 5.41) is 3.83. The van der Waals surface area contributed by atoms with Crippen molar-refractivity contribution in [2.24, 2.45) is 5.92 Å². The number of H-pyrrole nitrogens is 1. The van der Waals surface area contributed by atoms with Gasteiger partial charge in [0.05, 0.1) is 5.41 Å². The molecule has 2 fully saturated rings. The minimum absolute atomic E-state index is 0.0378. The van der Waals surface area contributed by atoms with E-state index in [1.165, 1.54) is 0 Å². The molecule has 27 heavy (non-hydrogen) atoms. The van der Waals surface area contributed by atoms with E-state index in [-0.39, 0.29) is 17.2 Å². The van der Waals surface area contributed by atoms with E-state index in [9.17, 15) is 9.59 Å². The summed E-state index contributed by atoms with van der Waals surface area (Å²) >= 11 is 5.97. The second kappa shape index (κ2) is 7.39. The minimum Gasteiger partial charge on any atom is -0.357 e. The zero-order valence-corrected chi connectivity index (χ0v) is 16.0. The van der Waals surface area contributed by atoms with E-state index in [4.69, 9.17) is 11.6 Å². The second-order valence-corrected chi connectivity index (χ2v) is 8.08. The Kier molecular flexibility index (Phi) is 4.96. The number of likely N-dealkylation sites (tertiary alicyclic amines) is 1. The highest BCUT2D eigenvalue weighted by Gasteiger charge is 2.51. The summed E-state index contributed by atoms with van der Waals surface area (Å²) in [7, 11) is 0. The van der Waals surface area contributed by atoms with Crippen molar-refractivity contribution in [3.63, 3.8) is 0 Å². The number of carbonyl (C=O) groups is 2. The van der Waals surface area contributed by atoms with E-state index in [0.29, 0.717) is 29.7 Å². The largest absolute Gasteiger partial charge is 0.357 e. The van der Waals surface area contributed by atoms with Crippen molar-refractivity contribution in [1.82, 2.24) is 15.2 Å². The minimum atomic E-state index is -0.390. The van der Waals surface area contributed by atoms with Crippen LogP contribution in [0.1, 0.15) is 41.7 Å². The maximum absolute atomic E-state index is 12.8. The van der Waals surface area contributed by atoms with Crippen molar-refractivity contribution in [1.29, 1.82) is 0 Å². The summed E-state index contributed by atoms with van der Waals surface area (Å²) in [4.78, 5) is 30.2. The first-order valence-electron chi connectivity index (χ1n) is 9.55. The van der Waals surface area contributed by atoms with Gasteiger partial charge in [-0.25, -0.2) is 0 Å². The molecule has 4 rings (SSSR count). The Bertz CT molecular complexity index is 812. The molecule has 1 aliphatic heterocycles. The number of nitrogens with one attached hydrogen (secondary N) is 2. The Balaban J connectivity index is 1.34. The molecular formula is C21H24ClN3O2. The van der Waals surface area contributed by atoms with E-state index >= 15 is 0 Å². The predicted octanol–water partition coefficient (Wildman–Crippen LogP) is 3.37. The topological polar surface area (TPSA) is 65.2 Å². The first kappa shape index (κ1) is 18.1. The quantitative estimate of drug-likeness (QED) is 0.828. The van der Waals surface area contributed by atoms with Crippen LogP contribution >= 0.6 is 11.6 Å². The summed E-state index contributed by atoms with van der Waals surface area (Å²) in [6, 6.07) is 11.2. The number of carbonyl (C=O) groups excluding carboxylic acids is 2.